The minimum Gasteiger partial charge on any atom is -0.480 e. The van der Waals surface area contributed by atoms with E-state index in [4.69, 9.17) is 9.47 Å². The number of ether oxygens (including phenoxy) is 2. The van der Waals surface area contributed by atoms with Crippen LogP contribution in [-0.2, 0) is 19.1 Å². The first kappa shape index (κ1) is 26.2. The van der Waals surface area contributed by atoms with E-state index < -0.39 is 30.1 Å². The summed E-state index contributed by atoms with van der Waals surface area (Å²) in [5, 5.41) is 14.7. The zero-order valence-electron chi connectivity index (χ0n) is 20.5. The third-order valence-electron chi connectivity index (χ3n) is 6.57. The molecule has 0 saturated heterocycles. The van der Waals surface area contributed by atoms with E-state index in [1.165, 1.54) is 7.11 Å². The molecule has 2 aromatic carbocycles. The van der Waals surface area contributed by atoms with Gasteiger partial charge in [-0.3, -0.25) is 4.79 Å². The number of carboxylic acid groups (broad SMARTS) is 1. The van der Waals surface area contributed by atoms with Crippen molar-refractivity contribution in [1.29, 1.82) is 0 Å². The average molecular weight is 483 g/mol. The van der Waals surface area contributed by atoms with Crippen LogP contribution in [-0.4, -0.2) is 55.5 Å². The number of carbonyl (C=O) groups is 3. The van der Waals surface area contributed by atoms with E-state index in [2.05, 4.69) is 22.8 Å². The van der Waals surface area contributed by atoms with E-state index >= 15 is 0 Å². The van der Waals surface area contributed by atoms with E-state index in [-0.39, 0.29) is 24.9 Å². The van der Waals surface area contributed by atoms with Gasteiger partial charge in [-0.25, -0.2) is 9.59 Å². The second kappa shape index (κ2) is 12.4. The minimum absolute atomic E-state index is 0.0961. The van der Waals surface area contributed by atoms with Gasteiger partial charge in [-0.15, -0.1) is 0 Å². The average Bonchev–Trinajstić information content (AvgIpc) is 3.18. The van der Waals surface area contributed by atoms with Crippen LogP contribution < -0.4 is 10.6 Å². The first-order valence-electron chi connectivity index (χ1n) is 12.0. The van der Waals surface area contributed by atoms with Gasteiger partial charge in [-0.2, -0.15) is 0 Å². The number of methoxy groups -OCH3 is 1. The lowest BCUT2D eigenvalue weighted by Gasteiger charge is -2.25. The summed E-state index contributed by atoms with van der Waals surface area (Å²) in [6, 6.07) is 14.1. The normalized spacial score (nSPS) is 14.8. The van der Waals surface area contributed by atoms with Crippen LogP contribution in [0.4, 0.5) is 4.79 Å². The highest BCUT2D eigenvalue weighted by Gasteiger charge is 2.32. The molecule has 3 rings (SSSR count). The summed E-state index contributed by atoms with van der Waals surface area (Å²) in [5.41, 5.74) is 4.44. The lowest BCUT2D eigenvalue weighted by atomic mass is 9.97. The van der Waals surface area contributed by atoms with Gasteiger partial charge in [0.1, 0.15) is 18.7 Å². The molecule has 3 atom stereocenters. The van der Waals surface area contributed by atoms with Crippen LogP contribution in [0.15, 0.2) is 48.5 Å². The Kier molecular flexibility index (Phi) is 9.25. The van der Waals surface area contributed by atoms with Crippen molar-refractivity contribution < 1.29 is 29.0 Å². The number of aliphatic carboxylic acids is 1. The monoisotopic (exact) mass is 482 g/mol. The fourth-order valence-corrected chi connectivity index (χ4v) is 4.42. The molecular formula is C27H34N2O6. The number of benzene rings is 2. The van der Waals surface area contributed by atoms with Crippen molar-refractivity contribution in [3.63, 3.8) is 0 Å². The molecule has 0 aliphatic heterocycles. The van der Waals surface area contributed by atoms with Gasteiger partial charge >= 0.3 is 12.1 Å². The Morgan fingerprint density at radius 2 is 1.60 bits per heavy atom. The maximum atomic E-state index is 12.9. The van der Waals surface area contributed by atoms with Crippen LogP contribution in [0.2, 0.25) is 0 Å². The predicted octanol–water partition coefficient (Wildman–Crippen LogP) is 3.94. The van der Waals surface area contributed by atoms with Crippen molar-refractivity contribution >= 4 is 18.0 Å². The van der Waals surface area contributed by atoms with Gasteiger partial charge in [0, 0.05) is 19.6 Å². The predicted molar refractivity (Wildman–Crippen MR) is 132 cm³/mol. The van der Waals surface area contributed by atoms with Crippen molar-refractivity contribution in [3.05, 3.63) is 59.7 Å². The van der Waals surface area contributed by atoms with E-state index in [1.54, 1.807) is 0 Å². The summed E-state index contributed by atoms with van der Waals surface area (Å²) in [6.07, 6.45) is 0.621. The SMILES string of the molecule is CCC(C)C(NC(=O)OCC1c2ccccc2-c2ccccc21)C(=O)NC(CCCOC)C(=O)O. The van der Waals surface area contributed by atoms with Crippen LogP contribution >= 0.6 is 0 Å². The van der Waals surface area contributed by atoms with E-state index in [0.717, 1.165) is 22.3 Å². The van der Waals surface area contributed by atoms with Crippen LogP contribution in [0, 0.1) is 5.92 Å². The molecule has 8 heteroatoms. The quantitative estimate of drug-likeness (QED) is 0.395. The van der Waals surface area contributed by atoms with Crippen molar-refractivity contribution in [1.82, 2.24) is 10.6 Å². The molecule has 2 amide bonds. The maximum absolute atomic E-state index is 12.9. The molecule has 3 unspecified atom stereocenters. The highest BCUT2D eigenvalue weighted by molar-refractivity contribution is 5.89. The Balaban J connectivity index is 1.65. The second-order valence-electron chi connectivity index (χ2n) is 8.87. The Hall–Kier alpha value is -3.39. The molecule has 0 heterocycles. The van der Waals surface area contributed by atoms with E-state index in [0.29, 0.717) is 19.4 Å². The van der Waals surface area contributed by atoms with Crippen LogP contribution in [0.25, 0.3) is 11.1 Å². The summed E-state index contributed by atoms with van der Waals surface area (Å²) in [5.74, 6) is -1.98. The molecule has 1 aliphatic carbocycles. The number of fused-ring (bicyclic) bond motifs is 3. The topological polar surface area (TPSA) is 114 Å². The van der Waals surface area contributed by atoms with Crippen LogP contribution in [0.3, 0.4) is 0 Å². The number of alkyl carbamates (subject to hydrolysis) is 1. The first-order chi connectivity index (χ1) is 16.9. The Bertz CT molecular complexity index is 994. The van der Waals surface area contributed by atoms with Gasteiger partial charge in [0.05, 0.1) is 0 Å². The number of rotatable bonds is 12. The molecule has 188 valence electrons. The zero-order chi connectivity index (χ0) is 25.4. The molecule has 0 bridgehead atoms. The molecule has 0 spiro atoms. The number of hydrogen-bond donors (Lipinski definition) is 3. The highest BCUT2D eigenvalue weighted by atomic mass is 16.5. The van der Waals surface area contributed by atoms with Gasteiger partial charge in [-0.05, 0) is 41.0 Å². The van der Waals surface area contributed by atoms with Crippen molar-refractivity contribution in [2.45, 2.75) is 51.1 Å². The number of hydrogen-bond acceptors (Lipinski definition) is 5. The van der Waals surface area contributed by atoms with E-state index in [1.807, 2.05) is 50.2 Å². The molecule has 0 radical (unpaired) electrons. The van der Waals surface area contributed by atoms with Crippen molar-refractivity contribution in [2.75, 3.05) is 20.3 Å². The van der Waals surface area contributed by atoms with Gasteiger partial charge < -0.3 is 25.2 Å². The van der Waals surface area contributed by atoms with Gasteiger partial charge in [0.2, 0.25) is 5.91 Å². The summed E-state index contributed by atoms with van der Waals surface area (Å²) < 4.78 is 10.6. The Labute approximate surface area is 206 Å². The molecular weight excluding hydrogens is 448 g/mol. The Morgan fingerprint density at radius 3 is 2.14 bits per heavy atom. The largest absolute Gasteiger partial charge is 0.480 e. The zero-order valence-corrected chi connectivity index (χ0v) is 20.5. The molecule has 35 heavy (non-hydrogen) atoms. The smallest absolute Gasteiger partial charge is 0.407 e. The lowest BCUT2D eigenvalue weighted by Crippen LogP contribution is -2.54. The van der Waals surface area contributed by atoms with E-state index in [9.17, 15) is 19.5 Å². The van der Waals surface area contributed by atoms with Gasteiger partial charge in [-0.1, -0.05) is 68.8 Å². The molecule has 3 N–H and O–H groups in total. The minimum atomic E-state index is -1.13. The van der Waals surface area contributed by atoms with Crippen LogP contribution in [0.1, 0.15) is 50.2 Å². The summed E-state index contributed by atoms with van der Waals surface area (Å²) >= 11 is 0. The molecule has 0 fully saturated rings. The summed E-state index contributed by atoms with van der Waals surface area (Å²) in [6.45, 7) is 4.25. The van der Waals surface area contributed by atoms with Crippen LogP contribution in [0.5, 0.6) is 0 Å². The third kappa shape index (κ3) is 6.39. The van der Waals surface area contributed by atoms with Crippen molar-refractivity contribution in [2.24, 2.45) is 5.92 Å². The first-order valence-corrected chi connectivity index (χ1v) is 12.0. The van der Waals surface area contributed by atoms with Gasteiger partial charge in [0.25, 0.3) is 0 Å². The summed E-state index contributed by atoms with van der Waals surface area (Å²) in [4.78, 5) is 37.3. The lowest BCUT2D eigenvalue weighted by molar-refractivity contribution is -0.142. The molecule has 8 nitrogen and oxygen atoms in total. The number of amides is 2. The second-order valence-corrected chi connectivity index (χ2v) is 8.87. The van der Waals surface area contributed by atoms with Gasteiger partial charge in [0.15, 0.2) is 0 Å². The Morgan fingerprint density at radius 1 is 1.00 bits per heavy atom. The fourth-order valence-electron chi connectivity index (χ4n) is 4.42. The number of carboxylic acids is 1. The highest BCUT2D eigenvalue weighted by Crippen LogP contribution is 2.44. The molecule has 1 aliphatic rings. The standard InChI is InChI=1S/C27H34N2O6/c1-4-17(2)24(25(30)28-23(26(31)32)14-9-15-34-3)29-27(33)35-16-22-20-12-7-5-10-18(20)19-11-6-8-13-21(19)22/h5-8,10-13,17,22-24H,4,9,14-16H2,1-3H3,(H,28,30)(H,29,33)(H,31,32). The maximum Gasteiger partial charge on any atom is 0.407 e. The summed E-state index contributed by atoms with van der Waals surface area (Å²) in [7, 11) is 1.53. The fraction of sp³-hybridized carbons (Fsp3) is 0.444. The molecule has 0 aromatic heterocycles. The third-order valence-corrected chi connectivity index (χ3v) is 6.57. The molecule has 0 saturated carbocycles. The number of nitrogens with one attached hydrogen (secondary N) is 2. The molecule has 2 aromatic rings. The number of carbonyl (C=O) groups excluding carboxylic acids is 2. The van der Waals surface area contributed by atoms with Crippen molar-refractivity contribution in [3.8, 4) is 11.1 Å².